The van der Waals surface area contributed by atoms with Crippen molar-refractivity contribution in [3.05, 3.63) is 112 Å². The first kappa shape index (κ1) is 55.0. The molecule has 1 fully saturated rings. The number of methoxy groups -OCH3 is 1. The molecule has 17 heteroatoms. The van der Waals surface area contributed by atoms with E-state index in [0.717, 1.165) is 18.8 Å². The number of aromatic hydroxyl groups is 1. The van der Waals surface area contributed by atoms with Crippen molar-refractivity contribution in [2.75, 3.05) is 33.4 Å². The number of hydrogen-bond acceptors (Lipinski definition) is 14. The number of ether oxygens (including phenoxy) is 4. The molecule has 2 amide bonds. The number of ketones is 2. The first-order valence-corrected chi connectivity index (χ1v) is 24.7. The van der Waals surface area contributed by atoms with Gasteiger partial charge in [-0.2, -0.15) is 0 Å². The van der Waals surface area contributed by atoms with Crippen molar-refractivity contribution in [3.8, 4) is 11.5 Å². The maximum absolute atomic E-state index is 15.2. The number of aliphatic imine (C=N–C) groups is 1. The molecule has 1 aromatic heterocycles. The molecular weight excluding hydrogens is 926 g/mol. The van der Waals surface area contributed by atoms with Crippen LogP contribution in [-0.4, -0.2) is 117 Å². The highest BCUT2D eigenvalue weighted by Crippen LogP contribution is 2.50. The van der Waals surface area contributed by atoms with Gasteiger partial charge in [-0.3, -0.25) is 24.4 Å². The molecule has 7 rings (SSSR count). The van der Waals surface area contributed by atoms with Gasteiger partial charge in [-0.25, -0.2) is 18.9 Å². The number of carbonyl (C=O) groups excluding carboxylic acids is 5. The van der Waals surface area contributed by atoms with Crippen LogP contribution in [0.5, 0.6) is 11.5 Å². The summed E-state index contributed by atoms with van der Waals surface area (Å²) in [5, 5.41) is 25.7. The third-order valence-corrected chi connectivity index (χ3v) is 13.8. The van der Waals surface area contributed by atoms with Crippen LogP contribution in [-0.2, 0) is 19.0 Å². The number of aliphatic hydroxyl groups is 1. The van der Waals surface area contributed by atoms with Gasteiger partial charge in [0.1, 0.15) is 47.1 Å². The fraction of sp³-hybridized carbons (Fsp3) is 0.509. The molecule has 1 saturated heterocycles. The summed E-state index contributed by atoms with van der Waals surface area (Å²) in [5.74, 6) is -6.00. The quantitative estimate of drug-likeness (QED) is 0.122. The number of amides is 2. The molecule has 0 saturated carbocycles. The standard InChI is InChI=1S/C55H70FN5O11/c1-12-25-70-53(67)61-47-45(59-55(61)21-23-60(24-22-55)30-31(2)3)43-42-39(62)19-14-13-15-20-40(71-52(66)37-27-38(56)29-57-28-37)35(7)41(72-54(9,10)68)26-34(6)32(4)17-16-18-33(5)51(65)58-46(47)49(64)44(43)48(63)36(8)50(42)69-11/h12-14,16-18,27-29,31-32,34-35,40-41,63,68H,1,15,19-26,30H2,2-11H3,(H,58,65)/b14-13+,17-16+,33-18-/t32?,34?,35-,40?,41?/m0/s1. The highest BCUT2D eigenvalue weighted by atomic mass is 19.1. The van der Waals surface area contributed by atoms with E-state index in [2.05, 4.69) is 35.6 Å². The molecule has 388 valence electrons. The highest BCUT2D eigenvalue weighted by molar-refractivity contribution is 6.34. The number of pyridine rings is 1. The zero-order chi connectivity index (χ0) is 52.8. The molecule has 16 nitrogen and oxygen atoms in total. The molecular formula is C55H70FN5O11. The van der Waals surface area contributed by atoms with Crippen molar-refractivity contribution in [1.29, 1.82) is 0 Å². The molecule has 5 atom stereocenters. The minimum Gasteiger partial charge on any atom is -0.507 e. The number of piperidine rings is 1. The third-order valence-electron chi connectivity index (χ3n) is 13.8. The van der Waals surface area contributed by atoms with Gasteiger partial charge in [0.05, 0.1) is 41.8 Å². The molecule has 3 N–H and O–H groups in total. The normalized spacial score (nSPS) is 25.0. The predicted molar refractivity (Wildman–Crippen MR) is 269 cm³/mol. The number of benzene rings is 1. The summed E-state index contributed by atoms with van der Waals surface area (Å²) < 4.78 is 38.1. The van der Waals surface area contributed by atoms with Crippen LogP contribution in [0.2, 0.25) is 0 Å². The summed E-state index contributed by atoms with van der Waals surface area (Å²) in [6.45, 7) is 21.6. The van der Waals surface area contributed by atoms with Crippen molar-refractivity contribution in [1.82, 2.24) is 20.1 Å². The number of rotatable bonds is 9. The van der Waals surface area contributed by atoms with Crippen molar-refractivity contribution in [3.63, 3.8) is 0 Å². The average molecular weight is 996 g/mol. The third kappa shape index (κ3) is 12.1. The molecule has 4 unspecified atom stereocenters. The van der Waals surface area contributed by atoms with Crippen molar-refractivity contribution in [2.24, 2.45) is 28.7 Å². The van der Waals surface area contributed by atoms with Crippen LogP contribution in [0.3, 0.4) is 0 Å². The van der Waals surface area contributed by atoms with Crippen LogP contribution in [0.1, 0.15) is 136 Å². The summed E-state index contributed by atoms with van der Waals surface area (Å²) in [6.07, 6.45) is 11.2. The Hall–Kier alpha value is -6.30. The number of nitrogens with one attached hydrogen (secondary N) is 1. The zero-order valence-corrected chi connectivity index (χ0v) is 43.2. The number of phenolic OH excluding ortho intramolecular Hbond substituents is 1. The van der Waals surface area contributed by atoms with E-state index in [9.17, 15) is 33.8 Å². The molecule has 5 heterocycles. The molecule has 1 spiro atoms. The van der Waals surface area contributed by atoms with E-state index in [1.807, 2.05) is 26.8 Å². The van der Waals surface area contributed by atoms with E-state index in [1.54, 1.807) is 31.2 Å². The molecule has 72 heavy (non-hydrogen) atoms. The van der Waals surface area contributed by atoms with Gasteiger partial charge in [0.2, 0.25) is 5.78 Å². The van der Waals surface area contributed by atoms with Crippen molar-refractivity contribution >= 4 is 35.2 Å². The summed E-state index contributed by atoms with van der Waals surface area (Å²) >= 11 is 0. The second kappa shape index (κ2) is 23.1. The van der Waals surface area contributed by atoms with Gasteiger partial charge in [-0.1, -0.05) is 77.7 Å². The SMILES string of the molecule is C=CCOC(=O)N1C2=C3NC(=O)/C(C)=C\C=C\C(C)C(C)CC(OC(C)(C)O)[C@@H](C)C(OC(=O)c4cncc(F)c4)CC/C=C/CC(=O)c4c(OC)c(C)c(O)c(c4C2=NC12CCN(CC(C)C)CC2)C3=O. The molecule has 1 aliphatic carbocycles. The lowest BCUT2D eigenvalue weighted by molar-refractivity contribution is -0.226. The number of aromatic nitrogens is 1. The van der Waals surface area contributed by atoms with Crippen LogP contribution in [0.25, 0.3) is 0 Å². The smallest absolute Gasteiger partial charge is 0.416 e. The maximum atomic E-state index is 15.2. The van der Waals surface area contributed by atoms with Gasteiger partial charge < -0.3 is 39.4 Å². The molecule has 2 aromatic rings. The Labute approximate surface area is 421 Å². The molecule has 4 bridgehead atoms. The number of fused-ring (bicyclic) bond motifs is 14. The Kier molecular flexibility index (Phi) is 17.6. The van der Waals surface area contributed by atoms with Gasteiger partial charge >= 0.3 is 12.1 Å². The summed E-state index contributed by atoms with van der Waals surface area (Å²) in [7, 11) is 1.34. The number of nitrogens with zero attached hydrogens (tertiary/aromatic N) is 4. The Bertz CT molecular complexity index is 2600. The Morgan fingerprint density at radius 1 is 1.06 bits per heavy atom. The van der Waals surface area contributed by atoms with Crippen LogP contribution in [0, 0.1) is 36.4 Å². The largest absolute Gasteiger partial charge is 0.507 e. The van der Waals surface area contributed by atoms with Crippen molar-refractivity contribution in [2.45, 2.75) is 124 Å². The number of allylic oxidation sites excluding steroid dienone is 7. The Morgan fingerprint density at radius 3 is 2.40 bits per heavy atom. The number of esters is 1. The summed E-state index contributed by atoms with van der Waals surface area (Å²) in [6, 6.07) is 1.04. The van der Waals surface area contributed by atoms with Gasteiger partial charge in [0, 0.05) is 67.7 Å². The lowest BCUT2D eigenvalue weighted by Crippen LogP contribution is -2.55. The predicted octanol–water partition coefficient (Wildman–Crippen LogP) is 8.71. The summed E-state index contributed by atoms with van der Waals surface area (Å²) in [4.78, 5) is 85.2. The number of Topliss-reactive ketones (excluding diaryl/α,β-unsaturated/α-hetero) is 2. The summed E-state index contributed by atoms with van der Waals surface area (Å²) in [5.41, 5.74) is -1.88. The van der Waals surface area contributed by atoms with Gasteiger partial charge in [0.25, 0.3) is 5.91 Å². The number of carbonyl (C=O) groups is 5. The minimum absolute atomic E-state index is 0.00879. The Balaban J connectivity index is 1.53. The monoisotopic (exact) mass is 996 g/mol. The van der Waals surface area contributed by atoms with E-state index in [-0.39, 0.29) is 94.0 Å². The highest BCUT2D eigenvalue weighted by Gasteiger charge is 2.55. The van der Waals surface area contributed by atoms with E-state index < -0.39 is 70.7 Å². The lowest BCUT2D eigenvalue weighted by Gasteiger charge is -2.43. The van der Waals surface area contributed by atoms with Gasteiger partial charge in [-0.15, -0.1) is 0 Å². The van der Waals surface area contributed by atoms with Crippen LogP contribution < -0.4 is 10.1 Å². The fourth-order valence-corrected chi connectivity index (χ4v) is 9.84. The maximum Gasteiger partial charge on any atom is 0.416 e. The Morgan fingerprint density at radius 2 is 1.76 bits per heavy atom. The van der Waals surface area contributed by atoms with Crippen LogP contribution in [0.15, 0.2) is 83.5 Å². The topological polar surface area (TPSA) is 206 Å². The first-order valence-electron chi connectivity index (χ1n) is 24.7. The van der Waals surface area contributed by atoms with Crippen LogP contribution in [0.4, 0.5) is 9.18 Å². The second-order valence-electron chi connectivity index (χ2n) is 20.3. The van der Waals surface area contributed by atoms with E-state index in [1.165, 1.54) is 45.1 Å². The lowest BCUT2D eigenvalue weighted by atomic mass is 9.81. The van der Waals surface area contributed by atoms with E-state index in [0.29, 0.717) is 38.3 Å². The molecule has 4 aliphatic heterocycles. The number of likely N-dealkylation sites (tertiary alicyclic amines) is 1. The van der Waals surface area contributed by atoms with E-state index in [4.69, 9.17) is 23.9 Å². The molecule has 0 radical (unpaired) electrons. The molecule has 1 aromatic carbocycles. The molecule has 5 aliphatic rings. The number of halogens is 1. The van der Waals surface area contributed by atoms with Crippen molar-refractivity contribution < 1.29 is 57.5 Å². The van der Waals surface area contributed by atoms with Gasteiger partial charge in [0.15, 0.2) is 11.6 Å². The first-order chi connectivity index (χ1) is 34.0. The van der Waals surface area contributed by atoms with E-state index >= 15 is 4.79 Å². The number of hydrogen-bond donors (Lipinski definition) is 3. The van der Waals surface area contributed by atoms with Gasteiger partial charge in [-0.05, 0) is 70.8 Å². The van der Waals surface area contributed by atoms with Crippen LogP contribution >= 0.6 is 0 Å². The minimum atomic E-state index is -1.57. The second-order valence-corrected chi connectivity index (χ2v) is 20.3. The fourth-order valence-electron chi connectivity index (χ4n) is 9.84. The number of phenols is 1. The average Bonchev–Trinajstić information content (AvgIpc) is 3.65. The zero-order valence-electron chi connectivity index (χ0n) is 43.2.